The molecule has 2 aromatic carbocycles. The van der Waals surface area contributed by atoms with Gasteiger partial charge in [-0.05, 0) is 30.3 Å². The van der Waals surface area contributed by atoms with Crippen LogP contribution in [-0.2, 0) is 0 Å². The number of carboxylic acids is 1. The van der Waals surface area contributed by atoms with E-state index >= 15 is 0 Å². The number of methoxy groups -OCH3 is 1. The second kappa shape index (κ2) is 6.14. The maximum absolute atomic E-state index is 11.6. The Morgan fingerprint density at radius 3 is 2.52 bits per heavy atom. The number of hydrogen-bond donors (Lipinski definition) is 1. The zero-order valence-corrected chi connectivity index (χ0v) is 13.0. The number of nitrogens with zero attached hydrogens (tertiary/aromatic N) is 2. The summed E-state index contributed by atoms with van der Waals surface area (Å²) in [5.41, 5.74) is 1.95. The number of hydrogen-bond acceptors (Lipinski definition) is 3. The lowest BCUT2D eigenvalue weighted by molar-refractivity contribution is 0.0687. The lowest BCUT2D eigenvalue weighted by Crippen LogP contribution is -2.09. The van der Waals surface area contributed by atoms with Crippen LogP contribution in [0.4, 0.5) is 0 Å². The van der Waals surface area contributed by atoms with E-state index in [4.69, 9.17) is 16.3 Å². The molecule has 1 N–H and O–H groups in total. The van der Waals surface area contributed by atoms with Gasteiger partial charge in [-0.1, -0.05) is 35.9 Å². The Balaban J connectivity index is 2.17. The molecular formula is C17H13ClN2O3. The van der Waals surface area contributed by atoms with Crippen LogP contribution in [0, 0.1) is 0 Å². The number of aromatic carboxylic acids is 1. The molecule has 0 radical (unpaired) electrons. The van der Waals surface area contributed by atoms with Crippen molar-refractivity contribution in [1.29, 1.82) is 0 Å². The quantitative estimate of drug-likeness (QED) is 0.789. The topological polar surface area (TPSA) is 64.4 Å². The molecule has 0 fully saturated rings. The number of rotatable bonds is 4. The average Bonchev–Trinajstić information content (AvgIpc) is 3.01. The van der Waals surface area contributed by atoms with Crippen molar-refractivity contribution in [2.24, 2.45) is 0 Å². The van der Waals surface area contributed by atoms with Crippen LogP contribution in [-0.4, -0.2) is 28.0 Å². The van der Waals surface area contributed by atoms with Crippen molar-refractivity contribution in [3.05, 3.63) is 65.3 Å². The molecule has 0 unspecified atom stereocenters. The van der Waals surface area contributed by atoms with Crippen LogP contribution in [0.1, 0.15) is 10.5 Å². The summed E-state index contributed by atoms with van der Waals surface area (Å²) in [4.78, 5) is 11.6. The molecular weight excluding hydrogens is 316 g/mol. The molecule has 0 aliphatic carbocycles. The maximum Gasteiger partial charge on any atom is 0.354 e. The minimum Gasteiger partial charge on any atom is -0.494 e. The fraction of sp³-hybridized carbons (Fsp3) is 0.0588. The molecule has 1 aromatic heterocycles. The Kier molecular flexibility index (Phi) is 4.04. The second-order valence-corrected chi connectivity index (χ2v) is 5.25. The van der Waals surface area contributed by atoms with E-state index in [1.54, 1.807) is 42.5 Å². The summed E-state index contributed by atoms with van der Waals surface area (Å²) in [5, 5.41) is 14.5. The monoisotopic (exact) mass is 328 g/mol. The van der Waals surface area contributed by atoms with E-state index in [1.165, 1.54) is 17.9 Å². The highest BCUT2D eigenvalue weighted by Gasteiger charge is 2.18. The molecule has 6 heteroatoms. The summed E-state index contributed by atoms with van der Waals surface area (Å²) in [6.45, 7) is 0. The summed E-state index contributed by atoms with van der Waals surface area (Å²) in [5.74, 6) is -0.524. The standard InChI is InChI=1S/C17H13ClN2O3/c1-23-16-5-3-2-4-14(16)20-15(17(21)22)10-13(19-20)11-6-8-12(18)9-7-11/h2-10H,1H3,(H,21,22). The van der Waals surface area contributed by atoms with E-state index < -0.39 is 5.97 Å². The number of carbonyl (C=O) groups is 1. The van der Waals surface area contributed by atoms with Gasteiger partial charge in [0, 0.05) is 10.6 Å². The van der Waals surface area contributed by atoms with Gasteiger partial charge in [-0.15, -0.1) is 0 Å². The molecule has 23 heavy (non-hydrogen) atoms. The van der Waals surface area contributed by atoms with Gasteiger partial charge in [-0.25, -0.2) is 9.48 Å². The van der Waals surface area contributed by atoms with Crippen molar-refractivity contribution in [3.63, 3.8) is 0 Å². The van der Waals surface area contributed by atoms with Crippen molar-refractivity contribution >= 4 is 17.6 Å². The van der Waals surface area contributed by atoms with Crippen molar-refractivity contribution in [2.75, 3.05) is 7.11 Å². The van der Waals surface area contributed by atoms with E-state index in [2.05, 4.69) is 5.10 Å². The number of para-hydroxylation sites is 2. The smallest absolute Gasteiger partial charge is 0.354 e. The van der Waals surface area contributed by atoms with Crippen molar-refractivity contribution in [3.8, 4) is 22.7 Å². The zero-order chi connectivity index (χ0) is 16.4. The number of aromatic nitrogens is 2. The van der Waals surface area contributed by atoms with Crippen LogP contribution in [0.3, 0.4) is 0 Å². The summed E-state index contributed by atoms with van der Waals surface area (Å²) in [6, 6.07) is 15.7. The Hall–Kier alpha value is -2.79. The lowest BCUT2D eigenvalue weighted by atomic mass is 10.1. The summed E-state index contributed by atoms with van der Waals surface area (Å²) in [6.07, 6.45) is 0. The van der Waals surface area contributed by atoms with Crippen LogP contribution in [0.15, 0.2) is 54.6 Å². The van der Waals surface area contributed by atoms with Gasteiger partial charge in [-0.2, -0.15) is 5.10 Å². The molecule has 0 saturated heterocycles. The third-order valence-electron chi connectivity index (χ3n) is 3.38. The van der Waals surface area contributed by atoms with E-state index in [1.807, 2.05) is 6.07 Å². The SMILES string of the molecule is COc1ccccc1-n1nc(-c2ccc(Cl)cc2)cc1C(=O)O. The van der Waals surface area contributed by atoms with E-state index in [-0.39, 0.29) is 5.69 Å². The minimum atomic E-state index is -1.07. The highest BCUT2D eigenvalue weighted by molar-refractivity contribution is 6.30. The summed E-state index contributed by atoms with van der Waals surface area (Å²) in [7, 11) is 1.53. The molecule has 0 aliphatic rings. The molecule has 116 valence electrons. The van der Waals surface area contributed by atoms with E-state index in [9.17, 15) is 9.90 Å². The van der Waals surface area contributed by atoms with Gasteiger partial charge in [0.1, 0.15) is 11.4 Å². The Morgan fingerprint density at radius 2 is 1.87 bits per heavy atom. The third-order valence-corrected chi connectivity index (χ3v) is 3.63. The Bertz CT molecular complexity index is 857. The molecule has 0 saturated carbocycles. The lowest BCUT2D eigenvalue weighted by Gasteiger charge is -2.09. The molecule has 3 rings (SSSR count). The molecule has 0 bridgehead atoms. The Labute approximate surface area is 137 Å². The zero-order valence-electron chi connectivity index (χ0n) is 12.2. The fourth-order valence-corrected chi connectivity index (χ4v) is 2.41. The van der Waals surface area contributed by atoms with Crippen LogP contribution < -0.4 is 4.74 Å². The van der Waals surface area contributed by atoms with Gasteiger partial charge >= 0.3 is 5.97 Å². The normalized spacial score (nSPS) is 10.5. The second-order valence-electron chi connectivity index (χ2n) is 4.81. The first-order chi connectivity index (χ1) is 11.1. The molecule has 0 atom stereocenters. The van der Waals surface area contributed by atoms with Crippen molar-refractivity contribution in [2.45, 2.75) is 0 Å². The van der Waals surface area contributed by atoms with Gasteiger partial charge in [0.15, 0.2) is 5.69 Å². The Morgan fingerprint density at radius 1 is 1.17 bits per heavy atom. The minimum absolute atomic E-state index is 0.0550. The molecule has 0 aliphatic heterocycles. The first-order valence-corrected chi connectivity index (χ1v) is 7.20. The highest BCUT2D eigenvalue weighted by Crippen LogP contribution is 2.27. The van der Waals surface area contributed by atoms with Gasteiger partial charge in [0.2, 0.25) is 0 Å². The largest absolute Gasteiger partial charge is 0.494 e. The number of halogens is 1. The van der Waals surface area contributed by atoms with Crippen LogP contribution in [0.5, 0.6) is 5.75 Å². The highest BCUT2D eigenvalue weighted by atomic mass is 35.5. The van der Waals surface area contributed by atoms with Crippen LogP contribution in [0.25, 0.3) is 16.9 Å². The molecule has 0 amide bonds. The van der Waals surface area contributed by atoms with Crippen molar-refractivity contribution in [1.82, 2.24) is 9.78 Å². The van der Waals surface area contributed by atoms with Gasteiger partial charge in [0.05, 0.1) is 12.8 Å². The number of ether oxygens (including phenoxy) is 1. The van der Waals surface area contributed by atoms with Gasteiger partial charge < -0.3 is 9.84 Å². The van der Waals surface area contributed by atoms with Crippen molar-refractivity contribution < 1.29 is 14.6 Å². The third kappa shape index (κ3) is 2.91. The number of carboxylic acid groups (broad SMARTS) is 1. The molecule has 5 nitrogen and oxygen atoms in total. The average molecular weight is 329 g/mol. The van der Waals surface area contributed by atoms with E-state index in [0.29, 0.717) is 22.2 Å². The van der Waals surface area contributed by atoms with E-state index in [0.717, 1.165) is 5.56 Å². The predicted octanol–water partition coefficient (Wildman–Crippen LogP) is 3.90. The molecule has 0 spiro atoms. The number of benzene rings is 2. The van der Waals surface area contributed by atoms with Gasteiger partial charge in [-0.3, -0.25) is 0 Å². The fourth-order valence-electron chi connectivity index (χ4n) is 2.28. The first kappa shape index (κ1) is 15.1. The maximum atomic E-state index is 11.6. The summed E-state index contributed by atoms with van der Waals surface area (Å²) >= 11 is 5.89. The predicted molar refractivity (Wildman–Crippen MR) is 87.5 cm³/mol. The summed E-state index contributed by atoms with van der Waals surface area (Å²) < 4.78 is 6.66. The van der Waals surface area contributed by atoms with Crippen LogP contribution in [0.2, 0.25) is 5.02 Å². The van der Waals surface area contributed by atoms with Gasteiger partial charge in [0.25, 0.3) is 0 Å². The molecule has 3 aromatic rings. The van der Waals surface area contributed by atoms with Crippen LogP contribution >= 0.6 is 11.6 Å². The molecule has 1 heterocycles. The first-order valence-electron chi connectivity index (χ1n) is 6.83.